The molecular formula is C14H17ClFN3. The normalized spacial score (nSPS) is 11.8. The molecule has 2 rings (SSSR count). The highest BCUT2D eigenvalue weighted by Gasteiger charge is 2.11. The number of hydrogen-bond donors (Lipinski definition) is 2. The van der Waals surface area contributed by atoms with E-state index in [0.717, 1.165) is 5.69 Å². The van der Waals surface area contributed by atoms with Gasteiger partial charge in [-0.05, 0) is 39.0 Å². The molecule has 0 saturated carbocycles. The molecule has 1 heterocycles. The Morgan fingerprint density at radius 1 is 1.37 bits per heavy atom. The zero-order valence-electron chi connectivity index (χ0n) is 11.2. The lowest BCUT2D eigenvalue weighted by atomic mass is 10.1. The largest absolute Gasteiger partial charge is 0.341 e. The van der Waals surface area contributed by atoms with E-state index >= 15 is 0 Å². The summed E-state index contributed by atoms with van der Waals surface area (Å²) in [7, 11) is 0. The fraction of sp³-hybridized carbons (Fsp3) is 0.357. The van der Waals surface area contributed by atoms with Crippen LogP contribution in [-0.4, -0.2) is 15.5 Å². The number of nitrogens with one attached hydrogen (secondary N) is 2. The molecule has 5 heteroatoms. The lowest BCUT2D eigenvalue weighted by molar-refractivity contribution is 0.422. The number of rotatable bonds is 3. The minimum Gasteiger partial charge on any atom is -0.341 e. The van der Waals surface area contributed by atoms with Gasteiger partial charge in [0.1, 0.15) is 11.6 Å². The quantitative estimate of drug-likeness (QED) is 0.899. The van der Waals surface area contributed by atoms with E-state index < -0.39 is 0 Å². The molecule has 0 radical (unpaired) electrons. The Morgan fingerprint density at radius 2 is 2.11 bits per heavy atom. The van der Waals surface area contributed by atoms with Crippen molar-refractivity contribution in [3.05, 3.63) is 40.9 Å². The van der Waals surface area contributed by atoms with E-state index in [4.69, 9.17) is 11.6 Å². The summed E-state index contributed by atoms with van der Waals surface area (Å²) in [4.78, 5) is 7.46. The Kier molecular flexibility index (Phi) is 3.92. The van der Waals surface area contributed by atoms with Gasteiger partial charge < -0.3 is 10.3 Å². The first-order valence-electron chi connectivity index (χ1n) is 6.09. The molecule has 0 aliphatic rings. The predicted molar refractivity (Wildman–Crippen MR) is 75.6 cm³/mol. The molecule has 0 saturated heterocycles. The van der Waals surface area contributed by atoms with Gasteiger partial charge in [0.25, 0.3) is 0 Å². The molecule has 0 bridgehead atoms. The van der Waals surface area contributed by atoms with Gasteiger partial charge in [-0.15, -0.1) is 0 Å². The standard InChI is InChI=1S/C14H17ClFN3/c1-14(2,3)18-8-10-7-17-13(19-10)11-5-4-9(16)6-12(11)15/h4-7,18H,8H2,1-3H3,(H,17,19). The number of H-pyrrole nitrogens is 1. The molecule has 0 aliphatic heterocycles. The van der Waals surface area contributed by atoms with Crippen molar-refractivity contribution in [3.63, 3.8) is 0 Å². The highest BCUT2D eigenvalue weighted by atomic mass is 35.5. The first-order valence-corrected chi connectivity index (χ1v) is 6.47. The van der Waals surface area contributed by atoms with Crippen molar-refractivity contribution in [3.8, 4) is 11.4 Å². The van der Waals surface area contributed by atoms with Crippen LogP contribution in [0.3, 0.4) is 0 Å². The van der Waals surface area contributed by atoms with Gasteiger partial charge in [-0.2, -0.15) is 0 Å². The molecule has 0 spiro atoms. The molecular weight excluding hydrogens is 265 g/mol. The summed E-state index contributed by atoms with van der Waals surface area (Å²) in [5.74, 6) is 0.297. The van der Waals surface area contributed by atoms with Crippen molar-refractivity contribution in [1.82, 2.24) is 15.3 Å². The molecule has 2 N–H and O–H groups in total. The minimum absolute atomic E-state index is 0.0405. The number of nitrogens with zero attached hydrogens (tertiary/aromatic N) is 1. The summed E-state index contributed by atoms with van der Waals surface area (Å²) in [6.45, 7) is 6.98. The fourth-order valence-corrected chi connectivity index (χ4v) is 1.88. The third-order valence-electron chi connectivity index (χ3n) is 2.62. The topological polar surface area (TPSA) is 40.7 Å². The maximum absolute atomic E-state index is 13.0. The number of hydrogen-bond acceptors (Lipinski definition) is 2. The van der Waals surface area contributed by atoms with Gasteiger partial charge in [0.2, 0.25) is 0 Å². The smallest absolute Gasteiger partial charge is 0.139 e. The lowest BCUT2D eigenvalue weighted by Crippen LogP contribution is -2.35. The second-order valence-corrected chi connectivity index (χ2v) is 5.89. The van der Waals surface area contributed by atoms with Crippen molar-refractivity contribution in [2.75, 3.05) is 0 Å². The Morgan fingerprint density at radius 3 is 2.74 bits per heavy atom. The van der Waals surface area contributed by atoms with Crippen LogP contribution < -0.4 is 5.32 Å². The minimum atomic E-state index is -0.352. The van der Waals surface area contributed by atoms with Gasteiger partial charge in [-0.3, -0.25) is 0 Å². The first-order chi connectivity index (χ1) is 8.85. The SMILES string of the molecule is CC(C)(C)NCc1cnc(-c2ccc(F)cc2Cl)[nH]1. The van der Waals surface area contributed by atoms with E-state index in [9.17, 15) is 4.39 Å². The molecule has 1 aromatic carbocycles. The summed E-state index contributed by atoms with van der Waals surface area (Å²) < 4.78 is 13.0. The number of aromatic amines is 1. The summed E-state index contributed by atoms with van der Waals surface area (Å²) in [6.07, 6.45) is 1.76. The molecule has 0 atom stereocenters. The maximum atomic E-state index is 13.0. The molecule has 0 aliphatic carbocycles. The van der Waals surface area contributed by atoms with Crippen LogP contribution >= 0.6 is 11.6 Å². The highest BCUT2D eigenvalue weighted by Crippen LogP contribution is 2.26. The van der Waals surface area contributed by atoms with Gasteiger partial charge in [0.15, 0.2) is 0 Å². The van der Waals surface area contributed by atoms with E-state index in [0.29, 0.717) is 23.0 Å². The predicted octanol–water partition coefficient (Wildman–Crippen LogP) is 3.76. The van der Waals surface area contributed by atoms with Crippen LogP contribution in [0.4, 0.5) is 4.39 Å². The third kappa shape index (κ3) is 3.78. The third-order valence-corrected chi connectivity index (χ3v) is 2.94. The number of benzene rings is 1. The Hall–Kier alpha value is -1.39. The lowest BCUT2D eigenvalue weighted by Gasteiger charge is -2.19. The van der Waals surface area contributed by atoms with Crippen molar-refractivity contribution in [2.24, 2.45) is 0 Å². The van der Waals surface area contributed by atoms with Gasteiger partial charge in [0.05, 0.1) is 5.02 Å². The van der Waals surface area contributed by atoms with Crippen LogP contribution in [0, 0.1) is 5.82 Å². The van der Waals surface area contributed by atoms with Gasteiger partial charge >= 0.3 is 0 Å². The molecule has 0 unspecified atom stereocenters. The fourth-order valence-electron chi connectivity index (χ4n) is 1.63. The molecule has 0 fully saturated rings. The zero-order valence-corrected chi connectivity index (χ0v) is 12.0. The summed E-state index contributed by atoms with van der Waals surface area (Å²) in [5, 5.41) is 3.71. The Balaban J connectivity index is 2.16. The van der Waals surface area contributed by atoms with Crippen LogP contribution in [0.2, 0.25) is 5.02 Å². The first kappa shape index (κ1) is 14.0. The number of imidazole rings is 1. The van der Waals surface area contributed by atoms with Crippen LogP contribution in [0.5, 0.6) is 0 Å². The van der Waals surface area contributed by atoms with Crippen molar-refractivity contribution < 1.29 is 4.39 Å². The second-order valence-electron chi connectivity index (χ2n) is 5.48. The van der Waals surface area contributed by atoms with Crippen LogP contribution in [-0.2, 0) is 6.54 Å². The van der Waals surface area contributed by atoms with Crippen molar-refractivity contribution in [2.45, 2.75) is 32.9 Å². The highest BCUT2D eigenvalue weighted by molar-refractivity contribution is 6.33. The molecule has 102 valence electrons. The molecule has 19 heavy (non-hydrogen) atoms. The van der Waals surface area contributed by atoms with Crippen LogP contribution in [0.25, 0.3) is 11.4 Å². The monoisotopic (exact) mass is 281 g/mol. The zero-order chi connectivity index (χ0) is 14.0. The average molecular weight is 282 g/mol. The van der Waals surface area contributed by atoms with Crippen molar-refractivity contribution in [1.29, 1.82) is 0 Å². The van der Waals surface area contributed by atoms with Gasteiger partial charge in [-0.25, -0.2) is 9.37 Å². The molecule has 1 aromatic heterocycles. The summed E-state index contributed by atoms with van der Waals surface area (Å²) >= 11 is 6.01. The molecule has 0 amide bonds. The van der Waals surface area contributed by atoms with Crippen LogP contribution in [0.1, 0.15) is 26.5 Å². The summed E-state index contributed by atoms with van der Waals surface area (Å²) in [6, 6.07) is 4.28. The Labute approximate surface area is 117 Å². The van der Waals surface area contributed by atoms with E-state index in [1.165, 1.54) is 12.1 Å². The van der Waals surface area contributed by atoms with E-state index in [2.05, 4.69) is 36.1 Å². The van der Waals surface area contributed by atoms with Crippen LogP contribution in [0.15, 0.2) is 24.4 Å². The van der Waals surface area contributed by atoms with Gasteiger partial charge in [0, 0.05) is 29.5 Å². The van der Waals surface area contributed by atoms with Gasteiger partial charge in [-0.1, -0.05) is 11.6 Å². The van der Waals surface area contributed by atoms with E-state index in [-0.39, 0.29) is 11.4 Å². The maximum Gasteiger partial charge on any atom is 0.139 e. The molecule has 3 nitrogen and oxygen atoms in total. The summed E-state index contributed by atoms with van der Waals surface area (Å²) in [5.41, 5.74) is 1.70. The molecule has 2 aromatic rings. The number of halogens is 2. The van der Waals surface area contributed by atoms with E-state index in [1.807, 2.05) is 0 Å². The number of aromatic nitrogens is 2. The second kappa shape index (κ2) is 5.31. The van der Waals surface area contributed by atoms with E-state index in [1.54, 1.807) is 12.3 Å². The van der Waals surface area contributed by atoms with Crippen molar-refractivity contribution >= 4 is 11.6 Å². The average Bonchev–Trinajstić information content (AvgIpc) is 2.74. The Bertz CT molecular complexity index is 572.